The Balaban J connectivity index is 2.29. The van der Waals surface area contributed by atoms with Crippen LogP contribution in [0.1, 0.15) is 12.5 Å². The summed E-state index contributed by atoms with van der Waals surface area (Å²) in [6.45, 7) is 3.05. The summed E-state index contributed by atoms with van der Waals surface area (Å²) in [6, 6.07) is 4.44. The van der Waals surface area contributed by atoms with Crippen LogP contribution in [0.15, 0.2) is 24.4 Å². The molecule has 2 aromatic rings. The lowest BCUT2D eigenvalue weighted by molar-refractivity contribution is 0.418. The molecule has 2 rings (SSSR count). The van der Waals surface area contributed by atoms with Gasteiger partial charge in [0.1, 0.15) is 5.75 Å². The third-order valence-electron chi connectivity index (χ3n) is 2.68. The Morgan fingerprint density at radius 3 is 2.62 bits per heavy atom. The van der Waals surface area contributed by atoms with Crippen molar-refractivity contribution in [1.82, 2.24) is 10.3 Å². The van der Waals surface area contributed by atoms with Crippen molar-refractivity contribution in [3.8, 4) is 11.6 Å². The van der Waals surface area contributed by atoms with Crippen molar-refractivity contribution in [2.75, 3.05) is 6.54 Å². The minimum absolute atomic E-state index is 0.161. The van der Waals surface area contributed by atoms with Gasteiger partial charge in [0.15, 0.2) is 5.82 Å². The number of nitrogens with one attached hydrogen (secondary N) is 1. The first-order valence-electron chi connectivity index (χ1n) is 6.19. The second-order valence-electron chi connectivity index (χ2n) is 4.17. The number of halogens is 4. The molecule has 0 saturated carbocycles. The van der Waals surface area contributed by atoms with Crippen molar-refractivity contribution >= 4 is 34.8 Å². The van der Waals surface area contributed by atoms with E-state index < -0.39 is 5.82 Å². The number of benzene rings is 1. The maximum atomic E-state index is 14.3. The molecule has 21 heavy (non-hydrogen) atoms. The Bertz CT molecular complexity index is 652. The second-order valence-corrected chi connectivity index (χ2v) is 5.39. The average Bonchev–Trinajstić information content (AvgIpc) is 2.45. The summed E-state index contributed by atoms with van der Waals surface area (Å²) in [5.74, 6) is -0.510. The quantitative estimate of drug-likeness (QED) is 0.764. The molecule has 112 valence electrons. The van der Waals surface area contributed by atoms with E-state index >= 15 is 0 Å². The minimum atomic E-state index is -0.541. The van der Waals surface area contributed by atoms with Crippen LogP contribution < -0.4 is 10.1 Å². The normalized spacial score (nSPS) is 10.7. The Morgan fingerprint density at radius 1 is 1.19 bits per heavy atom. The van der Waals surface area contributed by atoms with Gasteiger partial charge < -0.3 is 10.1 Å². The van der Waals surface area contributed by atoms with E-state index in [0.29, 0.717) is 17.1 Å². The van der Waals surface area contributed by atoms with Crippen molar-refractivity contribution in [2.45, 2.75) is 13.5 Å². The third-order valence-corrected chi connectivity index (χ3v) is 3.70. The molecule has 1 N–H and O–H groups in total. The van der Waals surface area contributed by atoms with Crippen molar-refractivity contribution < 1.29 is 9.13 Å². The van der Waals surface area contributed by atoms with Crippen LogP contribution in [0.2, 0.25) is 15.1 Å². The molecule has 3 nitrogen and oxygen atoms in total. The van der Waals surface area contributed by atoms with E-state index in [1.54, 1.807) is 6.07 Å². The summed E-state index contributed by atoms with van der Waals surface area (Å²) in [6.07, 6.45) is 1.47. The summed E-state index contributed by atoms with van der Waals surface area (Å²) in [5, 5.41) is 3.82. The zero-order chi connectivity index (χ0) is 15.4. The maximum absolute atomic E-state index is 14.3. The number of aromatic nitrogens is 1. The van der Waals surface area contributed by atoms with Gasteiger partial charge in [-0.25, -0.2) is 9.37 Å². The molecule has 0 amide bonds. The predicted octanol–water partition coefficient (Wildman–Crippen LogP) is 5.08. The van der Waals surface area contributed by atoms with Crippen molar-refractivity contribution in [2.24, 2.45) is 0 Å². The molecule has 7 heteroatoms. The van der Waals surface area contributed by atoms with E-state index in [9.17, 15) is 4.39 Å². The number of rotatable bonds is 5. The molecule has 0 aliphatic carbocycles. The maximum Gasteiger partial charge on any atom is 0.256 e. The first kappa shape index (κ1) is 16.3. The van der Waals surface area contributed by atoms with Crippen molar-refractivity contribution in [3.63, 3.8) is 0 Å². The van der Waals surface area contributed by atoms with Gasteiger partial charge >= 0.3 is 0 Å². The fourth-order valence-corrected chi connectivity index (χ4v) is 2.19. The summed E-state index contributed by atoms with van der Waals surface area (Å²) in [4.78, 5) is 3.88. The van der Waals surface area contributed by atoms with Crippen molar-refractivity contribution in [1.29, 1.82) is 0 Å². The number of ether oxygens (including phenoxy) is 1. The smallest absolute Gasteiger partial charge is 0.256 e. The van der Waals surface area contributed by atoms with Crippen LogP contribution in [0.25, 0.3) is 0 Å². The van der Waals surface area contributed by atoms with Gasteiger partial charge in [-0.2, -0.15) is 0 Å². The van der Waals surface area contributed by atoms with Gasteiger partial charge in [0, 0.05) is 24.4 Å². The standard InChI is InChI=1S/C14H12Cl3FN2O/c1-2-19-7-8-3-4-20-14(13(8)18)21-12-6-10(16)9(15)5-11(12)17/h3-6,19H,2,7H2,1H3. The lowest BCUT2D eigenvalue weighted by Gasteiger charge is -2.11. The second kappa shape index (κ2) is 7.27. The zero-order valence-corrected chi connectivity index (χ0v) is 13.4. The monoisotopic (exact) mass is 348 g/mol. The largest absolute Gasteiger partial charge is 0.435 e. The minimum Gasteiger partial charge on any atom is -0.435 e. The highest BCUT2D eigenvalue weighted by Crippen LogP contribution is 2.36. The van der Waals surface area contributed by atoms with E-state index in [2.05, 4.69) is 10.3 Å². The summed E-state index contributed by atoms with van der Waals surface area (Å²) < 4.78 is 19.7. The number of hydrogen-bond acceptors (Lipinski definition) is 3. The van der Waals surface area contributed by atoms with E-state index in [1.807, 2.05) is 6.92 Å². The molecule has 0 saturated heterocycles. The van der Waals surface area contributed by atoms with Gasteiger partial charge in [-0.05, 0) is 18.7 Å². The fraction of sp³-hybridized carbons (Fsp3) is 0.214. The van der Waals surface area contributed by atoms with Gasteiger partial charge in [0.2, 0.25) is 0 Å². The van der Waals surface area contributed by atoms with E-state index in [-0.39, 0.29) is 21.7 Å². The molecule has 0 fully saturated rings. The summed E-state index contributed by atoms with van der Waals surface area (Å²) >= 11 is 17.7. The molecule has 0 unspecified atom stereocenters. The number of nitrogens with zero attached hydrogens (tertiary/aromatic N) is 1. The highest BCUT2D eigenvalue weighted by atomic mass is 35.5. The van der Waals surface area contributed by atoms with Gasteiger partial charge in [0.05, 0.1) is 15.1 Å². The first-order chi connectivity index (χ1) is 10.0. The Morgan fingerprint density at radius 2 is 1.90 bits per heavy atom. The first-order valence-corrected chi connectivity index (χ1v) is 7.32. The van der Waals surface area contributed by atoms with Crippen LogP contribution in [0.3, 0.4) is 0 Å². The van der Waals surface area contributed by atoms with Crippen LogP contribution in [0.5, 0.6) is 11.6 Å². The molecule has 0 radical (unpaired) electrons. The number of pyridine rings is 1. The molecular weight excluding hydrogens is 338 g/mol. The lowest BCUT2D eigenvalue weighted by atomic mass is 10.2. The van der Waals surface area contributed by atoms with E-state index in [4.69, 9.17) is 39.5 Å². The van der Waals surface area contributed by atoms with Gasteiger partial charge in [0.25, 0.3) is 5.88 Å². The Kier molecular flexibility index (Phi) is 5.65. The Labute approximate surface area is 137 Å². The summed E-state index contributed by atoms with van der Waals surface area (Å²) in [5.41, 5.74) is 0.457. The van der Waals surface area contributed by atoms with Crippen LogP contribution in [-0.4, -0.2) is 11.5 Å². The van der Waals surface area contributed by atoms with E-state index in [0.717, 1.165) is 6.54 Å². The zero-order valence-electron chi connectivity index (χ0n) is 11.1. The van der Waals surface area contributed by atoms with Gasteiger partial charge in [-0.1, -0.05) is 41.7 Å². The molecular formula is C14H12Cl3FN2O. The van der Waals surface area contributed by atoms with Gasteiger partial charge in [-0.3, -0.25) is 0 Å². The topological polar surface area (TPSA) is 34.2 Å². The molecule has 0 atom stereocenters. The molecule has 0 spiro atoms. The van der Waals surface area contributed by atoms with E-state index in [1.165, 1.54) is 18.3 Å². The highest BCUT2D eigenvalue weighted by Gasteiger charge is 2.14. The third kappa shape index (κ3) is 3.98. The predicted molar refractivity (Wildman–Crippen MR) is 83.1 cm³/mol. The number of hydrogen-bond donors (Lipinski definition) is 1. The van der Waals surface area contributed by atoms with Crippen LogP contribution in [-0.2, 0) is 6.54 Å². The van der Waals surface area contributed by atoms with Crippen molar-refractivity contribution in [3.05, 3.63) is 50.8 Å². The van der Waals surface area contributed by atoms with Gasteiger partial charge in [-0.15, -0.1) is 0 Å². The van der Waals surface area contributed by atoms with Crippen LogP contribution in [0, 0.1) is 5.82 Å². The summed E-state index contributed by atoms with van der Waals surface area (Å²) in [7, 11) is 0. The fourth-order valence-electron chi connectivity index (χ4n) is 1.62. The lowest BCUT2D eigenvalue weighted by Crippen LogP contribution is -2.13. The molecule has 1 heterocycles. The molecule has 1 aromatic heterocycles. The van der Waals surface area contributed by atoms with Crippen LogP contribution >= 0.6 is 34.8 Å². The Hall–Kier alpha value is -1.07. The van der Waals surface area contributed by atoms with Crippen LogP contribution in [0.4, 0.5) is 4.39 Å². The SMILES string of the molecule is CCNCc1ccnc(Oc2cc(Cl)c(Cl)cc2Cl)c1F. The average molecular weight is 350 g/mol. The molecule has 0 aliphatic heterocycles. The highest BCUT2D eigenvalue weighted by molar-refractivity contribution is 6.43. The molecule has 0 bridgehead atoms. The molecule has 1 aromatic carbocycles. The molecule has 0 aliphatic rings.